The number of rotatable bonds is 4. The molecule has 0 bridgehead atoms. The molecule has 5 rings (SSSR count). The van der Waals surface area contributed by atoms with E-state index in [9.17, 15) is 4.79 Å². The highest BCUT2D eigenvalue weighted by molar-refractivity contribution is 5.91. The van der Waals surface area contributed by atoms with Gasteiger partial charge in [0.15, 0.2) is 5.76 Å². The lowest BCUT2D eigenvalue weighted by Crippen LogP contribution is -2.52. The largest absolute Gasteiger partial charge is 0.459 e. The molecule has 0 aliphatic carbocycles. The summed E-state index contributed by atoms with van der Waals surface area (Å²) in [7, 11) is 4.15. The fourth-order valence-electron chi connectivity index (χ4n) is 5.38. The Morgan fingerprint density at radius 1 is 1.00 bits per heavy atom. The second-order valence-corrected chi connectivity index (χ2v) is 9.41. The molecule has 166 valence electrons. The lowest BCUT2D eigenvalue weighted by molar-refractivity contribution is 0.0559. The van der Waals surface area contributed by atoms with E-state index in [0.29, 0.717) is 5.76 Å². The Hall–Kier alpha value is -3.05. The molecule has 1 saturated heterocycles. The van der Waals surface area contributed by atoms with Gasteiger partial charge in [0, 0.05) is 57.9 Å². The van der Waals surface area contributed by atoms with Crippen LogP contribution >= 0.6 is 0 Å². The van der Waals surface area contributed by atoms with E-state index in [4.69, 9.17) is 4.42 Å². The first-order valence-electron chi connectivity index (χ1n) is 11.4. The number of furan rings is 1. The van der Waals surface area contributed by atoms with Gasteiger partial charge in [-0.15, -0.1) is 0 Å². The monoisotopic (exact) mass is 429 g/mol. The molecule has 0 N–H and O–H groups in total. The number of likely N-dealkylation sites (tertiary alicyclic amines) is 1. The summed E-state index contributed by atoms with van der Waals surface area (Å²) in [5.74, 6) is 0.444. The minimum atomic E-state index is 0.00628. The average molecular weight is 430 g/mol. The molecule has 3 aromatic rings. The molecule has 5 nitrogen and oxygen atoms in total. The van der Waals surface area contributed by atoms with Crippen LogP contribution in [0.1, 0.15) is 40.1 Å². The Morgan fingerprint density at radius 3 is 2.44 bits per heavy atom. The van der Waals surface area contributed by atoms with Crippen molar-refractivity contribution in [3.05, 3.63) is 89.4 Å². The third-order valence-corrected chi connectivity index (χ3v) is 7.11. The minimum absolute atomic E-state index is 0.00628. The Morgan fingerprint density at radius 2 is 1.75 bits per heavy atom. The fraction of sp³-hybridized carbons (Fsp3) is 0.370. The highest BCUT2D eigenvalue weighted by Crippen LogP contribution is 2.42. The van der Waals surface area contributed by atoms with E-state index < -0.39 is 0 Å². The number of hydrogen-bond acceptors (Lipinski definition) is 4. The van der Waals surface area contributed by atoms with Crippen molar-refractivity contribution in [2.75, 3.05) is 38.6 Å². The number of hydrogen-bond donors (Lipinski definition) is 0. The van der Waals surface area contributed by atoms with Gasteiger partial charge in [-0.1, -0.05) is 36.4 Å². The first-order chi connectivity index (χ1) is 15.5. The summed E-state index contributed by atoms with van der Waals surface area (Å²) in [6.07, 6.45) is 3.53. The molecular weight excluding hydrogens is 398 g/mol. The maximum Gasteiger partial charge on any atom is 0.289 e. The van der Waals surface area contributed by atoms with Crippen LogP contribution < -0.4 is 4.90 Å². The summed E-state index contributed by atoms with van der Waals surface area (Å²) in [5.41, 5.74) is 5.57. The van der Waals surface area contributed by atoms with Crippen LogP contribution in [0.25, 0.3) is 0 Å². The first-order valence-corrected chi connectivity index (χ1v) is 11.4. The van der Waals surface area contributed by atoms with E-state index in [0.717, 1.165) is 45.6 Å². The third-order valence-electron chi connectivity index (χ3n) is 7.11. The van der Waals surface area contributed by atoms with Crippen molar-refractivity contribution in [2.45, 2.75) is 31.3 Å². The van der Waals surface area contributed by atoms with Crippen LogP contribution in [0.15, 0.2) is 71.3 Å². The molecule has 2 aliphatic rings. The van der Waals surface area contributed by atoms with Crippen LogP contribution in [0, 0.1) is 0 Å². The van der Waals surface area contributed by atoms with Gasteiger partial charge in [-0.2, -0.15) is 0 Å². The maximum atomic E-state index is 12.8. The Kier molecular flexibility index (Phi) is 5.51. The molecule has 0 saturated carbocycles. The number of amides is 1. The van der Waals surface area contributed by atoms with Gasteiger partial charge in [-0.3, -0.25) is 9.69 Å². The molecule has 1 amide bonds. The van der Waals surface area contributed by atoms with Crippen molar-refractivity contribution < 1.29 is 9.21 Å². The van der Waals surface area contributed by atoms with E-state index in [-0.39, 0.29) is 11.3 Å². The van der Waals surface area contributed by atoms with Gasteiger partial charge >= 0.3 is 0 Å². The molecule has 1 fully saturated rings. The fourth-order valence-corrected chi connectivity index (χ4v) is 5.38. The lowest BCUT2D eigenvalue weighted by Gasteiger charge is -2.48. The zero-order valence-corrected chi connectivity index (χ0v) is 19.0. The molecular formula is C27H31N3O2. The predicted octanol–water partition coefficient (Wildman–Crippen LogP) is 4.54. The van der Waals surface area contributed by atoms with Crippen LogP contribution in [0.2, 0.25) is 0 Å². The Balaban J connectivity index is 1.34. The van der Waals surface area contributed by atoms with Gasteiger partial charge < -0.3 is 14.2 Å². The number of fused-ring (bicyclic) bond motifs is 2. The molecule has 5 heteroatoms. The highest BCUT2D eigenvalue weighted by atomic mass is 16.3. The van der Waals surface area contributed by atoms with Crippen LogP contribution in [0.4, 0.5) is 5.69 Å². The molecule has 0 radical (unpaired) electrons. The molecule has 0 atom stereocenters. The van der Waals surface area contributed by atoms with Crippen LogP contribution in [0.5, 0.6) is 0 Å². The van der Waals surface area contributed by atoms with Gasteiger partial charge in [0.25, 0.3) is 5.91 Å². The van der Waals surface area contributed by atoms with Gasteiger partial charge in [-0.25, -0.2) is 0 Å². The van der Waals surface area contributed by atoms with Crippen molar-refractivity contribution in [3.8, 4) is 0 Å². The standard InChI is InChI=1S/C27H31N3O2/c1-28(2)23-11-9-21(10-12-23)18-29-19-22-6-3-4-7-24(22)27(20-29)13-15-30(16-14-27)26(31)25-8-5-17-32-25/h3-12,17H,13-16,18-20H2,1-2H3. The zero-order valence-electron chi connectivity index (χ0n) is 19.0. The summed E-state index contributed by atoms with van der Waals surface area (Å²) >= 11 is 0. The topological polar surface area (TPSA) is 39.9 Å². The van der Waals surface area contributed by atoms with Crippen LogP contribution in [0.3, 0.4) is 0 Å². The predicted molar refractivity (Wildman–Crippen MR) is 127 cm³/mol. The van der Waals surface area contributed by atoms with E-state index >= 15 is 0 Å². The van der Waals surface area contributed by atoms with Crippen LogP contribution in [-0.4, -0.2) is 49.4 Å². The molecule has 0 unspecified atom stereocenters. The molecule has 1 spiro atoms. The van der Waals surface area contributed by atoms with Gasteiger partial charge in [0.2, 0.25) is 0 Å². The van der Waals surface area contributed by atoms with Crippen molar-refractivity contribution in [2.24, 2.45) is 0 Å². The summed E-state index contributed by atoms with van der Waals surface area (Å²) in [4.78, 5) is 19.4. The lowest BCUT2D eigenvalue weighted by atomic mass is 9.68. The second-order valence-electron chi connectivity index (χ2n) is 9.41. The molecule has 3 heterocycles. The summed E-state index contributed by atoms with van der Waals surface area (Å²) in [5, 5.41) is 0. The quantitative estimate of drug-likeness (QED) is 0.611. The first kappa shape index (κ1) is 20.8. The zero-order chi connectivity index (χ0) is 22.1. The van der Waals surface area contributed by atoms with E-state index in [1.54, 1.807) is 18.4 Å². The van der Waals surface area contributed by atoms with Gasteiger partial charge in [0.1, 0.15) is 0 Å². The summed E-state index contributed by atoms with van der Waals surface area (Å²) in [6.45, 7) is 4.47. The maximum absolute atomic E-state index is 12.8. The number of nitrogens with zero attached hydrogens (tertiary/aromatic N) is 3. The molecule has 2 aliphatic heterocycles. The third kappa shape index (κ3) is 3.93. The van der Waals surface area contributed by atoms with E-state index in [1.807, 2.05) is 4.90 Å². The van der Waals surface area contributed by atoms with Gasteiger partial charge in [0.05, 0.1) is 6.26 Å². The number of anilines is 1. The summed E-state index contributed by atoms with van der Waals surface area (Å²) in [6, 6.07) is 21.3. The molecule has 32 heavy (non-hydrogen) atoms. The number of carbonyl (C=O) groups excluding carboxylic acids is 1. The SMILES string of the molecule is CN(C)c1ccc(CN2Cc3ccccc3C3(CCN(C(=O)c4ccco4)CC3)C2)cc1. The second kappa shape index (κ2) is 8.47. The average Bonchev–Trinajstić information content (AvgIpc) is 3.35. The number of piperidine rings is 1. The van der Waals surface area contributed by atoms with Crippen molar-refractivity contribution in [1.82, 2.24) is 9.80 Å². The molecule has 2 aromatic carbocycles. The minimum Gasteiger partial charge on any atom is -0.459 e. The number of benzene rings is 2. The Labute approximate surface area is 190 Å². The Bertz CT molecular complexity index is 1060. The smallest absolute Gasteiger partial charge is 0.289 e. The van der Waals surface area contributed by atoms with Crippen molar-refractivity contribution >= 4 is 11.6 Å². The van der Waals surface area contributed by atoms with Crippen molar-refractivity contribution in [3.63, 3.8) is 0 Å². The van der Waals surface area contributed by atoms with Gasteiger partial charge in [-0.05, 0) is 53.8 Å². The molecule has 1 aromatic heterocycles. The van der Waals surface area contributed by atoms with E-state index in [2.05, 4.69) is 72.4 Å². The summed E-state index contributed by atoms with van der Waals surface area (Å²) < 4.78 is 5.35. The number of carbonyl (C=O) groups is 1. The highest BCUT2D eigenvalue weighted by Gasteiger charge is 2.42. The van der Waals surface area contributed by atoms with E-state index in [1.165, 1.54) is 22.4 Å². The van der Waals surface area contributed by atoms with Crippen molar-refractivity contribution in [1.29, 1.82) is 0 Å². The van der Waals surface area contributed by atoms with Crippen LogP contribution in [-0.2, 0) is 18.5 Å². The normalized spacial score (nSPS) is 17.9.